The Morgan fingerprint density at radius 1 is 0.969 bits per heavy atom. The molecule has 0 aromatic heterocycles. The molecule has 2 rings (SSSR count). The SMILES string of the molecule is CC.CCC/C=C(\C)CC[C@H](O)C(C)O.CCc1ccc(OC)cc1.Cc1ccccc1. The summed E-state index contributed by atoms with van der Waals surface area (Å²) in [6, 6.07) is 18.4. The first-order valence-electron chi connectivity index (χ1n) is 12.0. The molecule has 0 aliphatic rings. The average Bonchev–Trinajstić information content (AvgIpc) is 2.83. The highest BCUT2D eigenvalue weighted by Gasteiger charge is 2.09. The van der Waals surface area contributed by atoms with Gasteiger partial charge in [0.2, 0.25) is 0 Å². The number of aliphatic hydroxyl groups is 2. The van der Waals surface area contributed by atoms with Crippen LogP contribution >= 0.6 is 0 Å². The van der Waals surface area contributed by atoms with Gasteiger partial charge in [0, 0.05) is 0 Å². The zero-order chi connectivity index (χ0) is 24.8. The molecule has 0 saturated heterocycles. The maximum Gasteiger partial charge on any atom is 0.118 e. The van der Waals surface area contributed by atoms with Crippen molar-refractivity contribution in [2.24, 2.45) is 0 Å². The lowest BCUT2D eigenvalue weighted by atomic mass is 10.0. The van der Waals surface area contributed by atoms with Crippen molar-refractivity contribution in [1.82, 2.24) is 0 Å². The molecule has 3 heteroatoms. The molecule has 2 N–H and O–H groups in total. The van der Waals surface area contributed by atoms with E-state index in [4.69, 9.17) is 9.84 Å². The van der Waals surface area contributed by atoms with Gasteiger partial charge in [-0.2, -0.15) is 0 Å². The Bertz CT molecular complexity index is 638. The highest BCUT2D eigenvalue weighted by atomic mass is 16.5. The van der Waals surface area contributed by atoms with Crippen LogP contribution in [0.4, 0.5) is 0 Å². The van der Waals surface area contributed by atoms with Crippen molar-refractivity contribution in [2.75, 3.05) is 7.11 Å². The molecular weight excluding hydrogens is 396 g/mol. The van der Waals surface area contributed by atoms with Crippen molar-refractivity contribution in [3.63, 3.8) is 0 Å². The second-order valence-corrected chi connectivity index (χ2v) is 7.54. The van der Waals surface area contributed by atoms with E-state index in [0.29, 0.717) is 6.42 Å². The van der Waals surface area contributed by atoms with Gasteiger partial charge in [0.1, 0.15) is 5.75 Å². The molecule has 0 spiro atoms. The van der Waals surface area contributed by atoms with Gasteiger partial charge in [-0.05, 0) is 64.2 Å². The van der Waals surface area contributed by atoms with Crippen LogP contribution in [0.2, 0.25) is 0 Å². The van der Waals surface area contributed by atoms with Gasteiger partial charge >= 0.3 is 0 Å². The number of rotatable bonds is 8. The number of hydrogen-bond donors (Lipinski definition) is 2. The second-order valence-electron chi connectivity index (χ2n) is 7.54. The summed E-state index contributed by atoms with van der Waals surface area (Å²) in [6.45, 7) is 14.1. The van der Waals surface area contributed by atoms with Gasteiger partial charge in [0.25, 0.3) is 0 Å². The Morgan fingerprint density at radius 2 is 1.53 bits per heavy atom. The van der Waals surface area contributed by atoms with Crippen LogP contribution in [0, 0.1) is 6.92 Å². The van der Waals surface area contributed by atoms with Crippen molar-refractivity contribution in [3.05, 3.63) is 77.4 Å². The molecule has 0 radical (unpaired) electrons. The van der Waals surface area contributed by atoms with E-state index in [-0.39, 0.29) is 0 Å². The van der Waals surface area contributed by atoms with Crippen LogP contribution < -0.4 is 4.74 Å². The average molecular weight is 445 g/mol. The minimum Gasteiger partial charge on any atom is -0.497 e. The monoisotopic (exact) mass is 444 g/mol. The summed E-state index contributed by atoms with van der Waals surface area (Å²) < 4.78 is 5.01. The predicted octanol–water partition coefficient (Wildman–Crippen LogP) is 7.53. The molecule has 0 aliphatic heterocycles. The summed E-state index contributed by atoms with van der Waals surface area (Å²) in [5.74, 6) is 0.928. The van der Waals surface area contributed by atoms with E-state index in [9.17, 15) is 5.11 Å². The molecule has 3 nitrogen and oxygen atoms in total. The molecule has 2 aromatic rings. The summed E-state index contributed by atoms with van der Waals surface area (Å²) in [4.78, 5) is 0. The van der Waals surface area contributed by atoms with Crippen LogP contribution in [-0.2, 0) is 6.42 Å². The van der Waals surface area contributed by atoms with Gasteiger partial charge in [-0.25, -0.2) is 0 Å². The molecule has 0 amide bonds. The summed E-state index contributed by atoms with van der Waals surface area (Å²) in [6.07, 6.45) is 5.91. The number of ether oxygens (including phenoxy) is 1. The topological polar surface area (TPSA) is 49.7 Å². The molecule has 2 atom stereocenters. The summed E-state index contributed by atoms with van der Waals surface area (Å²) in [7, 11) is 1.68. The van der Waals surface area contributed by atoms with Crippen molar-refractivity contribution in [3.8, 4) is 5.75 Å². The molecule has 182 valence electrons. The zero-order valence-electron chi connectivity index (χ0n) is 21.8. The van der Waals surface area contributed by atoms with Crippen molar-refractivity contribution in [1.29, 1.82) is 0 Å². The molecule has 32 heavy (non-hydrogen) atoms. The van der Waals surface area contributed by atoms with Gasteiger partial charge < -0.3 is 14.9 Å². The highest BCUT2D eigenvalue weighted by molar-refractivity contribution is 5.26. The standard InChI is InChI=1S/C11H22O2.C9H12O.C7H8.C2H6/c1-4-5-6-9(2)7-8-11(13)10(3)12;1-3-8-4-6-9(10-2)7-5-8;1-7-5-3-2-4-6-7;1-2/h6,10-13H,4-5,7-8H2,1-3H3;4-7H,3H2,1-2H3;2-6H,1H3;1-2H3/b9-6+;;;/t10?,11-;;;/m0.../s1. The molecular formula is C29H48O3. The van der Waals surface area contributed by atoms with E-state index in [1.165, 1.54) is 16.7 Å². The molecule has 0 aliphatic carbocycles. The van der Waals surface area contributed by atoms with Gasteiger partial charge in [-0.3, -0.25) is 0 Å². The number of allylic oxidation sites excluding steroid dienone is 2. The van der Waals surface area contributed by atoms with E-state index in [0.717, 1.165) is 31.4 Å². The maximum absolute atomic E-state index is 9.32. The molecule has 0 heterocycles. The van der Waals surface area contributed by atoms with Crippen LogP contribution in [0.3, 0.4) is 0 Å². The molecule has 0 fully saturated rings. The van der Waals surface area contributed by atoms with E-state index >= 15 is 0 Å². The van der Waals surface area contributed by atoms with Gasteiger partial charge in [0.05, 0.1) is 19.3 Å². The summed E-state index contributed by atoms with van der Waals surface area (Å²) in [5, 5.41) is 18.4. The van der Waals surface area contributed by atoms with Crippen LogP contribution in [0.1, 0.15) is 78.4 Å². The lowest BCUT2D eigenvalue weighted by Crippen LogP contribution is -2.22. The predicted molar refractivity (Wildman–Crippen MR) is 140 cm³/mol. The number of methoxy groups -OCH3 is 1. The summed E-state index contributed by atoms with van der Waals surface area (Å²) >= 11 is 0. The number of benzene rings is 2. The van der Waals surface area contributed by atoms with Crippen LogP contribution in [0.15, 0.2) is 66.2 Å². The minimum atomic E-state index is -0.612. The summed E-state index contributed by atoms with van der Waals surface area (Å²) in [5.41, 5.74) is 3.98. The number of hydrogen-bond acceptors (Lipinski definition) is 3. The third-order valence-corrected chi connectivity index (χ3v) is 4.68. The third kappa shape index (κ3) is 18.7. The quantitative estimate of drug-likeness (QED) is 0.414. The number of unbranched alkanes of at least 4 members (excludes halogenated alkanes) is 1. The largest absolute Gasteiger partial charge is 0.497 e. The van der Waals surface area contributed by atoms with Crippen LogP contribution in [0.5, 0.6) is 5.75 Å². The van der Waals surface area contributed by atoms with E-state index in [2.05, 4.69) is 58.0 Å². The molecule has 2 aromatic carbocycles. The normalized spacial score (nSPS) is 12.0. The lowest BCUT2D eigenvalue weighted by Gasteiger charge is -2.13. The minimum absolute atomic E-state index is 0.579. The van der Waals surface area contributed by atoms with Crippen molar-refractivity contribution in [2.45, 2.75) is 92.8 Å². The fourth-order valence-electron chi connectivity index (χ4n) is 2.51. The zero-order valence-corrected chi connectivity index (χ0v) is 21.8. The first kappa shape index (κ1) is 32.1. The van der Waals surface area contributed by atoms with E-state index < -0.39 is 12.2 Å². The van der Waals surface area contributed by atoms with E-state index in [1.807, 2.05) is 44.2 Å². The Hall–Kier alpha value is -2.10. The van der Waals surface area contributed by atoms with Gasteiger partial charge in [0.15, 0.2) is 0 Å². The Kier molecular flexibility index (Phi) is 22.2. The Morgan fingerprint density at radius 3 is 1.91 bits per heavy atom. The second kappa shape index (κ2) is 22.1. The Balaban J connectivity index is 0. The third-order valence-electron chi connectivity index (χ3n) is 4.68. The maximum atomic E-state index is 9.32. The number of aryl methyl sites for hydroxylation is 2. The van der Waals surface area contributed by atoms with E-state index in [1.54, 1.807) is 14.0 Å². The first-order chi connectivity index (χ1) is 15.3. The van der Waals surface area contributed by atoms with Crippen molar-refractivity contribution < 1.29 is 14.9 Å². The first-order valence-corrected chi connectivity index (χ1v) is 12.0. The fraction of sp³-hybridized carbons (Fsp3) is 0.517. The smallest absolute Gasteiger partial charge is 0.118 e. The highest BCUT2D eigenvalue weighted by Crippen LogP contribution is 2.11. The Labute approximate surface area is 198 Å². The fourth-order valence-corrected chi connectivity index (χ4v) is 2.51. The van der Waals surface area contributed by atoms with Crippen LogP contribution in [0.25, 0.3) is 0 Å². The van der Waals surface area contributed by atoms with Gasteiger partial charge in [-0.15, -0.1) is 0 Å². The number of aliphatic hydroxyl groups excluding tert-OH is 2. The molecule has 1 unspecified atom stereocenters. The molecule has 0 saturated carbocycles. The molecule has 0 bridgehead atoms. The lowest BCUT2D eigenvalue weighted by molar-refractivity contribution is 0.0265. The van der Waals surface area contributed by atoms with Crippen molar-refractivity contribution >= 4 is 0 Å². The van der Waals surface area contributed by atoms with Gasteiger partial charge in [-0.1, -0.05) is 93.8 Å². The van der Waals surface area contributed by atoms with Crippen LogP contribution in [-0.4, -0.2) is 29.5 Å².